The maximum Gasteiger partial charge on any atom is 0.417 e. The van der Waals surface area contributed by atoms with Gasteiger partial charge in [0, 0.05) is 30.1 Å². The van der Waals surface area contributed by atoms with Gasteiger partial charge in [0.15, 0.2) is 0 Å². The van der Waals surface area contributed by atoms with Gasteiger partial charge in [-0.1, -0.05) is 18.5 Å². The Balaban J connectivity index is 2.10. The molecule has 1 N–H and O–H groups in total. The van der Waals surface area contributed by atoms with E-state index in [1.54, 1.807) is 0 Å². The summed E-state index contributed by atoms with van der Waals surface area (Å²) in [4.78, 5) is 16.5. The Kier molecular flexibility index (Phi) is 4.62. The summed E-state index contributed by atoms with van der Waals surface area (Å²) in [5.74, 6) is 0.527. The lowest BCUT2D eigenvalue weighted by molar-refractivity contribution is -0.136. The number of nitrogens with zero attached hydrogens (tertiary/aromatic N) is 1. The minimum atomic E-state index is -4.57. The molecule has 0 amide bonds. The van der Waals surface area contributed by atoms with Gasteiger partial charge in [0.05, 0.1) is 10.6 Å². The van der Waals surface area contributed by atoms with E-state index in [9.17, 15) is 18.0 Å². The zero-order chi connectivity index (χ0) is 17.5. The van der Waals surface area contributed by atoms with Gasteiger partial charge in [-0.15, -0.1) is 0 Å². The van der Waals surface area contributed by atoms with Crippen LogP contribution >= 0.6 is 11.6 Å². The van der Waals surface area contributed by atoms with Crippen molar-refractivity contribution in [3.63, 3.8) is 0 Å². The molecule has 3 rings (SSSR count). The third kappa shape index (κ3) is 3.44. The van der Waals surface area contributed by atoms with Crippen molar-refractivity contribution in [2.75, 3.05) is 13.1 Å². The monoisotopic (exact) mass is 358 g/mol. The topological polar surface area (TPSA) is 36.1 Å². The summed E-state index contributed by atoms with van der Waals surface area (Å²) >= 11 is 5.92. The number of hydrogen-bond donors (Lipinski definition) is 1. The van der Waals surface area contributed by atoms with Crippen LogP contribution in [0, 0.1) is 5.92 Å². The van der Waals surface area contributed by atoms with Crippen molar-refractivity contribution >= 4 is 22.4 Å². The number of hydrogen-bond acceptors (Lipinski definition) is 2. The predicted octanol–water partition coefficient (Wildman–Crippen LogP) is 4.43. The molecule has 1 aliphatic heterocycles. The van der Waals surface area contributed by atoms with Crippen LogP contribution in [0.5, 0.6) is 0 Å². The number of alkyl halides is 3. The molecule has 0 aliphatic carbocycles. The standard InChI is InChI=1S/C17H18ClF3N2O/c1-10-3-2-4-23(8-10)9-11-5-12-15(13(6-11)17(19,20)21)14(18)7-22-16(12)24/h5-7,10H,2-4,8-9H2,1H3,(H,22,24)/t10-/m0/s1. The number of H-pyrrole nitrogens is 1. The molecule has 1 saturated heterocycles. The normalized spacial score (nSPS) is 19.8. The molecule has 0 unspecified atom stereocenters. The van der Waals surface area contributed by atoms with Crippen LogP contribution in [0.1, 0.15) is 30.9 Å². The number of nitrogens with one attached hydrogen (secondary N) is 1. The smallest absolute Gasteiger partial charge is 0.327 e. The van der Waals surface area contributed by atoms with Crippen molar-refractivity contribution in [2.24, 2.45) is 5.92 Å². The first-order valence-corrected chi connectivity index (χ1v) is 8.27. The number of aromatic nitrogens is 1. The number of aromatic amines is 1. The minimum absolute atomic E-state index is 0.0163. The van der Waals surface area contributed by atoms with Crippen molar-refractivity contribution in [3.8, 4) is 0 Å². The molecule has 1 fully saturated rings. The lowest BCUT2D eigenvalue weighted by atomic mass is 9.98. The Morgan fingerprint density at radius 1 is 1.38 bits per heavy atom. The second kappa shape index (κ2) is 6.41. The highest BCUT2D eigenvalue weighted by atomic mass is 35.5. The first-order valence-electron chi connectivity index (χ1n) is 7.89. The van der Waals surface area contributed by atoms with Crippen molar-refractivity contribution in [1.29, 1.82) is 0 Å². The number of likely N-dealkylation sites (tertiary alicyclic amines) is 1. The third-order valence-electron chi connectivity index (χ3n) is 4.46. The van der Waals surface area contributed by atoms with Crippen LogP contribution in [0.2, 0.25) is 5.02 Å². The van der Waals surface area contributed by atoms with E-state index in [-0.39, 0.29) is 15.8 Å². The summed E-state index contributed by atoms with van der Waals surface area (Å²) in [6.45, 7) is 4.24. The fourth-order valence-corrected chi connectivity index (χ4v) is 3.68. The van der Waals surface area contributed by atoms with Crippen LogP contribution in [0.25, 0.3) is 10.8 Å². The number of rotatable bonds is 2. The van der Waals surface area contributed by atoms with Gasteiger partial charge in [-0.25, -0.2) is 0 Å². The molecule has 1 atom stereocenters. The van der Waals surface area contributed by atoms with E-state index < -0.39 is 17.3 Å². The molecular formula is C17H18ClF3N2O. The van der Waals surface area contributed by atoms with Crippen LogP contribution in [-0.4, -0.2) is 23.0 Å². The molecule has 7 heteroatoms. The highest BCUT2D eigenvalue weighted by molar-refractivity contribution is 6.35. The van der Waals surface area contributed by atoms with Gasteiger partial charge in [0.25, 0.3) is 5.56 Å². The zero-order valence-corrected chi connectivity index (χ0v) is 14.0. The van der Waals surface area contributed by atoms with Gasteiger partial charge < -0.3 is 4.98 Å². The van der Waals surface area contributed by atoms with Crippen LogP contribution in [0.3, 0.4) is 0 Å². The first kappa shape index (κ1) is 17.3. The number of piperidine rings is 1. The second-order valence-electron chi connectivity index (χ2n) is 6.51. The van der Waals surface area contributed by atoms with Crippen LogP contribution < -0.4 is 5.56 Å². The molecule has 24 heavy (non-hydrogen) atoms. The molecule has 0 spiro atoms. The lowest BCUT2D eigenvalue weighted by Gasteiger charge is -2.31. The van der Waals surface area contributed by atoms with E-state index in [0.717, 1.165) is 38.2 Å². The molecule has 1 aromatic heterocycles. The van der Waals surface area contributed by atoms with Gasteiger partial charge in [0.2, 0.25) is 0 Å². The third-order valence-corrected chi connectivity index (χ3v) is 4.76. The van der Waals surface area contributed by atoms with Crippen molar-refractivity contribution in [2.45, 2.75) is 32.5 Å². The molecule has 0 bridgehead atoms. The molecule has 0 radical (unpaired) electrons. The Bertz CT molecular complexity index is 816. The minimum Gasteiger partial charge on any atom is -0.327 e. The Morgan fingerprint density at radius 2 is 2.12 bits per heavy atom. The fourth-order valence-electron chi connectivity index (χ4n) is 3.42. The van der Waals surface area contributed by atoms with E-state index in [1.165, 1.54) is 6.07 Å². The second-order valence-corrected chi connectivity index (χ2v) is 6.92. The maximum atomic E-state index is 13.5. The van der Waals surface area contributed by atoms with E-state index in [0.29, 0.717) is 18.0 Å². The van der Waals surface area contributed by atoms with Crippen molar-refractivity contribution in [1.82, 2.24) is 9.88 Å². The van der Waals surface area contributed by atoms with Gasteiger partial charge in [-0.05, 0) is 43.0 Å². The van der Waals surface area contributed by atoms with E-state index in [2.05, 4.69) is 16.8 Å². The van der Waals surface area contributed by atoms with Gasteiger partial charge >= 0.3 is 6.18 Å². The average molecular weight is 359 g/mol. The summed E-state index contributed by atoms with van der Waals surface area (Å²) in [6, 6.07) is 2.64. The number of halogens is 4. The lowest BCUT2D eigenvalue weighted by Crippen LogP contribution is -2.33. The highest BCUT2D eigenvalue weighted by Crippen LogP contribution is 2.38. The quantitative estimate of drug-likeness (QED) is 0.862. The molecule has 3 nitrogen and oxygen atoms in total. The van der Waals surface area contributed by atoms with Crippen LogP contribution in [0.15, 0.2) is 23.1 Å². The molecule has 2 aromatic rings. The van der Waals surface area contributed by atoms with Crippen molar-refractivity contribution < 1.29 is 13.2 Å². The Hall–Kier alpha value is -1.53. The van der Waals surface area contributed by atoms with E-state index in [1.807, 2.05) is 0 Å². The Morgan fingerprint density at radius 3 is 2.79 bits per heavy atom. The van der Waals surface area contributed by atoms with Gasteiger partial charge in [-0.3, -0.25) is 9.69 Å². The highest BCUT2D eigenvalue weighted by Gasteiger charge is 2.34. The molecule has 130 valence electrons. The van der Waals surface area contributed by atoms with E-state index >= 15 is 0 Å². The summed E-state index contributed by atoms with van der Waals surface area (Å²) in [6.07, 6.45) is -1.29. The van der Waals surface area contributed by atoms with Crippen LogP contribution in [0.4, 0.5) is 13.2 Å². The summed E-state index contributed by atoms with van der Waals surface area (Å²) in [5.41, 5.74) is -0.929. The molecule has 1 aromatic carbocycles. The fraction of sp³-hybridized carbons (Fsp3) is 0.471. The summed E-state index contributed by atoms with van der Waals surface area (Å²) in [5, 5.41) is -0.351. The molecule has 2 heterocycles. The number of pyridine rings is 1. The van der Waals surface area contributed by atoms with Crippen LogP contribution in [-0.2, 0) is 12.7 Å². The molecule has 1 aliphatic rings. The van der Waals surface area contributed by atoms with Gasteiger partial charge in [-0.2, -0.15) is 13.2 Å². The SMILES string of the molecule is C[C@H]1CCCN(Cc2cc(C(F)(F)F)c3c(Cl)c[nH]c(=O)c3c2)C1. The molecule has 0 saturated carbocycles. The summed E-state index contributed by atoms with van der Waals surface area (Å²) in [7, 11) is 0. The first-order chi connectivity index (χ1) is 11.3. The summed E-state index contributed by atoms with van der Waals surface area (Å²) < 4.78 is 40.4. The maximum absolute atomic E-state index is 13.5. The van der Waals surface area contributed by atoms with Gasteiger partial charge in [0.1, 0.15) is 0 Å². The number of fused-ring (bicyclic) bond motifs is 1. The van der Waals surface area contributed by atoms with E-state index in [4.69, 9.17) is 11.6 Å². The zero-order valence-electron chi connectivity index (χ0n) is 13.2. The Labute approximate surface area is 142 Å². The number of benzene rings is 1. The molecular weight excluding hydrogens is 341 g/mol. The van der Waals surface area contributed by atoms with Crippen molar-refractivity contribution in [3.05, 3.63) is 44.8 Å². The predicted molar refractivity (Wildman–Crippen MR) is 88.3 cm³/mol. The largest absolute Gasteiger partial charge is 0.417 e. The average Bonchev–Trinajstić information content (AvgIpc) is 2.49.